The largest absolute Gasteiger partial charge is 0.385 e. The van der Waals surface area contributed by atoms with Crippen LogP contribution in [0.3, 0.4) is 0 Å². The van der Waals surface area contributed by atoms with E-state index in [4.69, 9.17) is 12.6 Å². The number of hydrogen-bond donors (Lipinski definition) is 3. The summed E-state index contributed by atoms with van der Waals surface area (Å²) < 4.78 is 0.196. The van der Waals surface area contributed by atoms with Crippen LogP contribution in [0.4, 0.5) is 5.69 Å². The zero-order valence-electron chi connectivity index (χ0n) is 8.87. The summed E-state index contributed by atoms with van der Waals surface area (Å²) in [5.41, 5.74) is 1.19. The molecule has 82 valence electrons. The lowest BCUT2D eigenvalue weighted by atomic mass is 10.0. The summed E-state index contributed by atoms with van der Waals surface area (Å²) in [4.78, 5) is 0. The Labute approximate surface area is 96.9 Å². The number of thiol groups is 1. The molecule has 1 heterocycles. The van der Waals surface area contributed by atoms with E-state index < -0.39 is 0 Å². The van der Waals surface area contributed by atoms with Gasteiger partial charge in [0.2, 0.25) is 0 Å². The van der Waals surface area contributed by atoms with Crippen LogP contribution in [-0.4, -0.2) is 24.4 Å². The first-order chi connectivity index (χ1) is 7.29. The molecule has 1 aromatic carbocycles. The normalized spacial score (nSPS) is 25.4. The molecular weight excluding hydrogens is 204 g/mol. The SMILES string of the molecule is SC1(CCNc2ccccc2)CCNC1. The van der Waals surface area contributed by atoms with Crippen LogP contribution in [0.2, 0.25) is 0 Å². The number of rotatable bonds is 4. The van der Waals surface area contributed by atoms with Crippen LogP contribution in [0.25, 0.3) is 0 Å². The highest BCUT2D eigenvalue weighted by molar-refractivity contribution is 7.81. The minimum atomic E-state index is 0.196. The van der Waals surface area contributed by atoms with Crippen LogP contribution < -0.4 is 10.6 Å². The van der Waals surface area contributed by atoms with Gasteiger partial charge in [0.1, 0.15) is 0 Å². The maximum absolute atomic E-state index is 4.73. The van der Waals surface area contributed by atoms with Gasteiger partial charge in [0.15, 0.2) is 0 Å². The first-order valence-electron chi connectivity index (χ1n) is 5.51. The van der Waals surface area contributed by atoms with E-state index in [9.17, 15) is 0 Å². The predicted molar refractivity (Wildman–Crippen MR) is 68.8 cm³/mol. The third kappa shape index (κ3) is 3.14. The Hall–Kier alpha value is -0.670. The van der Waals surface area contributed by atoms with Gasteiger partial charge in [-0.3, -0.25) is 0 Å². The van der Waals surface area contributed by atoms with E-state index in [1.54, 1.807) is 0 Å². The fourth-order valence-electron chi connectivity index (χ4n) is 1.94. The predicted octanol–water partition coefficient (Wildman–Crippen LogP) is 2.15. The highest BCUT2D eigenvalue weighted by Crippen LogP contribution is 2.26. The van der Waals surface area contributed by atoms with Crippen molar-refractivity contribution < 1.29 is 0 Å². The van der Waals surface area contributed by atoms with E-state index in [0.717, 1.165) is 26.1 Å². The Morgan fingerprint density at radius 3 is 2.80 bits per heavy atom. The van der Waals surface area contributed by atoms with Gasteiger partial charge in [0, 0.05) is 23.5 Å². The number of para-hydroxylation sites is 1. The Kier molecular flexibility index (Phi) is 3.54. The van der Waals surface area contributed by atoms with Crippen molar-refractivity contribution in [3.05, 3.63) is 30.3 Å². The molecule has 2 rings (SSSR count). The molecule has 0 spiro atoms. The molecule has 0 aliphatic carbocycles. The smallest absolute Gasteiger partial charge is 0.0340 e. The van der Waals surface area contributed by atoms with Crippen LogP contribution in [0, 0.1) is 0 Å². The molecule has 1 aliphatic rings. The fourth-order valence-corrected chi connectivity index (χ4v) is 2.27. The minimum absolute atomic E-state index is 0.196. The molecule has 0 saturated carbocycles. The number of hydrogen-bond acceptors (Lipinski definition) is 3. The van der Waals surface area contributed by atoms with Crippen molar-refractivity contribution in [2.75, 3.05) is 25.0 Å². The van der Waals surface area contributed by atoms with Gasteiger partial charge in [-0.15, -0.1) is 0 Å². The van der Waals surface area contributed by atoms with Crippen LogP contribution in [0.5, 0.6) is 0 Å². The number of anilines is 1. The average Bonchev–Trinajstić information content (AvgIpc) is 2.67. The summed E-state index contributed by atoms with van der Waals surface area (Å²) >= 11 is 4.73. The lowest BCUT2D eigenvalue weighted by Crippen LogP contribution is -2.27. The molecule has 2 N–H and O–H groups in total. The monoisotopic (exact) mass is 222 g/mol. The summed E-state index contributed by atoms with van der Waals surface area (Å²) in [6, 6.07) is 10.3. The zero-order valence-corrected chi connectivity index (χ0v) is 9.76. The molecule has 2 nitrogen and oxygen atoms in total. The molecule has 0 radical (unpaired) electrons. The molecular formula is C12H18N2S. The summed E-state index contributed by atoms with van der Waals surface area (Å²) in [5, 5.41) is 6.78. The molecule has 0 aromatic heterocycles. The lowest BCUT2D eigenvalue weighted by molar-refractivity contribution is 0.609. The van der Waals surface area contributed by atoms with Gasteiger partial charge in [-0.25, -0.2) is 0 Å². The molecule has 1 aromatic rings. The maximum atomic E-state index is 4.73. The van der Waals surface area contributed by atoms with Gasteiger partial charge in [0.25, 0.3) is 0 Å². The van der Waals surface area contributed by atoms with Crippen molar-refractivity contribution in [2.45, 2.75) is 17.6 Å². The van der Waals surface area contributed by atoms with Crippen LogP contribution in [0.15, 0.2) is 30.3 Å². The Morgan fingerprint density at radius 1 is 1.33 bits per heavy atom. The van der Waals surface area contributed by atoms with Gasteiger partial charge in [-0.05, 0) is 31.5 Å². The highest BCUT2D eigenvalue weighted by Gasteiger charge is 2.28. The van der Waals surface area contributed by atoms with Gasteiger partial charge >= 0.3 is 0 Å². The summed E-state index contributed by atoms with van der Waals surface area (Å²) in [5.74, 6) is 0. The van der Waals surface area contributed by atoms with E-state index in [-0.39, 0.29) is 4.75 Å². The van der Waals surface area contributed by atoms with E-state index in [1.807, 2.05) is 6.07 Å². The molecule has 0 bridgehead atoms. The maximum Gasteiger partial charge on any atom is 0.0340 e. The second-order valence-corrected chi connectivity index (χ2v) is 5.14. The minimum Gasteiger partial charge on any atom is -0.385 e. The number of nitrogens with one attached hydrogen (secondary N) is 2. The van der Waals surface area contributed by atoms with Crippen molar-refractivity contribution in [1.29, 1.82) is 0 Å². The summed E-state index contributed by atoms with van der Waals surface area (Å²) in [6.07, 6.45) is 2.28. The van der Waals surface area contributed by atoms with E-state index in [2.05, 4.69) is 34.9 Å². The first kappa shape index (κ1) is 10.8. The molecule has 0 amide bonds. The van der Waals surface area contributed by atoms with Crippen LogP contribution >= 0.6 is 12.6 Å². The average molecular weight is 222 g/mol. The Morgan fingerprint density at radius 2 is 2.13 bits per heavy atom. The topological polar surface area (TPSA) is 24.1 Å². The fraction of sp³-hybridized carbons (Fsp3) is 0.500. The summed E-state index contributed by atoms with van der Waals surface area (Å²) in [6.45, 7) is 3.14. The number of benzene rings is 1. The van der Waals surface area contributed by atoms with Crippen molar-refractivity contribution in [3.63, 3.8) is 0 Å². The quantitative estimate of drug-likeness (QED) is 0.680. The molecule has 1 aliphatic heterocycles. The van der Waals surface area contributed by atoms with Crippen LogP contribution in [-0.2, 0) is 0 Å². The molecule has 1 fully saturated rings. The Balaban J connectivity index is 1.75. The van der Waals surface area contributed by atoms with Crippen molar-refractivity contribution in [1.82, 2.24) is 5.32 Å². The third-order valence-corrected chi connectivity index (χ3v) is 3.52. The lowest BCUT2D eigenvalue weighted by Gasteiger charge is -2.21. The van der Waals surface area contributed by atoms with Gasteiger partial charge < -0.3 is 10.6 Å². The molecule has 3 heteroatoms. The molecule has 1 atom stereocenters. The third-order valence-electron chi connectivity index (χ3n) is 2.91. The van der Waals surface area contributed by atoms with Crippen molar-refractivity contribution in [2.24, 2.45) is 0 Å². The molecule has 15 heavy (non-hydrogen) atoms. The summed E-state index contributed by atoms with van der Waals surface area (Å²) in [7, 11) is 0. The Bertz CT molecular complexity index is 294. The van der Waals surface area contributed by atoms with Gasteiger partial charge in [0.05, 0.1) is 0 Å². The second kappa shape index (κ2) is 4.90. The molecule has 1 saturated heterocycles. The zero-order chi connectivity index (χ0) is 10.6. The first-order valence-corrected chi connectivity index (χ1v) is 5.95. The standard InChI is InChI=1S/C12H18N2S/c15-12(6-8-13-10-12)7-9-14-11-4-2-1-3-5-11/h1-5,13-15H,6-10H2. The van der Waals surface area contributed by atoms with Gasteiger partial charge in [-0.1, -0.05) is 18.2 Å². The van der Waals surface area contributed by atoms with Crippen molar-refractivity contribution in [3.8, 4) is 0 Å². The second-order valence-electron chi connectivity index (χ2n) is 4.19. The van der Waals surface area contributed by atoms with E-state index in [1.165, 1.54) is 12.1 Å². The van der Waals surface area contributed by atoms with E-state index >= 15 is 0 Å². The highest BCUT2D eigenvalue weighted by atomic mass is 32.1. The van der Waals surface area contributed by atoms with Gasteiger partial charge in [-0.2, -0.15) is 12.6 Å². The molecule has 1 unspecified atom stereocenters. The van der Waals surface area contributed by atoms with E-state index in [0.29, 0.717) is 0 Å². The van der Waals surface area contributed by atoms with Crippen molar-refractivity contribution >= 4 is 18.3 Å². The van der Waals surface area contributed by atoms with Crippen LogP contribution in [0.1, 0.15) is 12.8 Å².